The first-order valence-corrected chi connectivity index (χ1v) is 11.9. The molecule has 0 radical (unpaired) electrons. The Morgan fingerprint density at radius 1 is 0.771 bits per heavy atom. The zero-order valence-corrected chi connectivity index (χ0v) is 20.9. The summed E-state index contributed by atoms with van der Waals surface area (Å²) in [5.41, 5.74) is 9.52. The Hall–Kier alpha value is -3.37. The summed E-state index contributed by atoms with van der Waals surface area (Å²) in [5.74, 6) is 0. The number of hydrogen-bond donors (Lipinski definition) is 2. The Labute approximate surface area is 213 Å². The van der Waals surface area contributed by atoms with E-state index in [0.29, 0.717) is 13.1 Å². The minimum atomic E-state index is -0.498. The van der Waals surface area contributed by atoms with Gasteiger partial charge in [0, 0.05) is 22.0 Å². The van der Waals surface area contributed by atoms with Crippen LogP contribution < -0.4 is 17.7 Å². The molecule has 178 valence electrons. The molecule has 0 aliphatic rings. The minimum absolute atomic E-state index is 0. The second-order valence-corrected chi connectivity index (χ2v) is 9.04. The molecule has 0 spiro atoms. The molecule has 5 rings (SSSR count). The van der Waals surface area contributed by atoms with E-state index in [2.05, 4.69) is 115 Å². The van der Waals surface area contributed by atoms with Gasteiger partial charge in [0.1, 0.15) is 18.3 Å². The number of aryl methyl sites for hydroxylation is 2. The van der Waals surface area contributed by atoms with Crippen LogP contribution in [0.3, 0.4) is 0 Å². The van der Waals surface area contributed by atoms with Crippen molar-refractivity contribution in [1.29, 1.82) is 0 Å². The van der Waals surface area contributed by atoms with E-state index in [9.17, 15) is 5.11 Å². The van der Waals surface area contributed by atoms with Crippen molar-refractivity contribution in [2.45, 2.75) is 26.5 Å². The molecule has 35 heavy (non-hydrogen) atoms. The predicted octanol–water partition coefficient (Wildman–Crippen LogP) is 2.85. The highest BCUT2D eigenvalue weighted by Gasteiger charge is 2.22. The van der Waals surface area contributed by atoms with Gasteiger partial charge in [-0.1, -0.05) is 90.5 Å². The van der Waals surface area contributed by atoms with Crippen LogP contribution in [0.1, 0.15) is 11.1 Å². The first kappa shape index (κ1) is 24.7. The molecule has 3 N–H and O–H groups in total. The number of rotatable bonds is 7. The second-order valence-electron chi connectivity index (χ2n) is 9.04. The van der Waals surface area contributed by atoms with Gasteiger partial charge in [0.05, 0.1) is 12.2 Å². The van der Waals surface area contributed by atoms with Crippen LogP contribution in [-0.4, -0.2) is 22.3 Å². The Kier molecular flexibility index (Phi) is 7.72. The van der Waals surface area contributed by atoms with E-state index in [1.54, 1.807) is 0 Å². The summed E-state index contributed by atoms with van der Waals surface area (Å²) in [6.45, 7) is 5.38. The van der Waals surface area contributed by atoms with Crippen LogP contribution in [0.4, 0.5) is 5.69 Å². The first-order valence-electron chi connectivity index (χ1n) is 11.9. The van der Waals surface area contributed by atoms with Gasteiger partial charge >= 0.3 is 0 Å². The lowest BCUT2D eigenvalue weighted by atomic mass is 9.98. The molecule has 1 aromatic heterocycles. The maximum absolute atomic E-state index is 11.2. The van der Waals surface area contributed by atoms with Crippen LogP contribution in [0.25, 0.3) is 33.3 Å². The highest BCUT2D eigenvalue weighted by atomic mass is 35.5. The van der Waals surface area contributed by atoms with Crippen LogP contribution in [0, 0.1) is 13.8 Å². The van der Waals surface area contributed by atoms with E-state index in [4.69, 9.17) is 0 Å². The maximum Gasteiger partial charge on any atom is 0.132 e. The van der Waals surface area contributed by atoms with Crippen LogP contribution in [0.2, 0.25) is 0 Å². The topological polar surface area (TPSA) is 41.8 Å². The molecule has 4 aromatic carbocycles. The average molecular weight is 483 g/mol. The number of aliphatic hydroxyl groups excluding tert-OH is 1. The summed E-state index contributed by atoms with van der Waals surface area (Å²) < 4.78 is 2.31. The molecule has 0 aliphatic heterocycles. The average Bonchev–Trinajstić information content (AvgIpc) is 3.17. The fraction of sp³-hybridized carbons (Fsp3) is 0.161. The number of fused-ring (bicyclic) bond motifs is 1. The third kappa shape index (κ3) is 5.18. The zero-order chi connectivity index (χ0) is 23.5. The van der Waals surface area contributed by atoms with Crippen molar-refractivity contribution in [3.05, 3.63) is 114 Å². The number of quaternary nitrogens is 1. The highest BCUT2D eigenvalue weighted by molar-refractivity contribution is 6.04. The molecule has 3 nitrogen and oxygen atoms in total. The van der Waals surface area contributed by atoms with Crippen molar-refractivity contribution in [3.8, 4) is 22.4 Å². The number of hydrogen-bond acceptors (Lipinski definition) is 1. The molecule has 1 unspecified atom stereocenters. The Bertz CT molecular complexity index is 1410. The smallest absolute Gasteiger partial charge is 0.132 e. The van der Waals surface area contributed by atoms with Crippen molar-refractivity contribution in [1.82, 2.24) is 4.57 Å². The molecule has 1 heterocycles. The standard InChI is InChI=1S/C31H30N2O.ClH/c1-22-17-18-29-27(19-22)30(24-12-5-3-6-13-24)31(25-14-7-4-8-15-25)33(29)21-26(34)20-32-28-16-10-9-11-23(28)2;/h3-19,26,32,34H,20-21H2,1-2H3;1H. The van der Waals surface area contributed by atoms with Gasteiger partial charge in [-0.25, -0.2) is 0 Å². The van der Waals surface area contributed by atoms with Gasteiger partial charge in [-0.3, -0.25) is 0 Å². The van der Waals surface area contributed by atoms with Crippen LogP contribution in [0.15, 0.2) is 103 Å². The second kappa shape index (κ2) is 10.9. The number of nitrogens with zero attached hydrogens (tertiary/aromatic N) is 1. The summed E-state index contributed by atoms with van der Waals surface area (Å²) in [4.78, 5) is 0. The fourth-order valence-electron chi connectivity index (χ4n) is 4.82. The van der Waals surface area contributed by atoms with Gasteiger partial charge in [-0.05, 0) is 43.2 Å². The summed E-state index contributed by atoms with van der Waals surface area (Å²) in [7, 11) is 0. The first-order chi connectivity index (χ1) is 16.6. The van der Waals surface area contributed by atoms with E-state index in [1.165, 1.54) is 33.3 Å². The molecule has 0 bridgehead atoms. The van der Waals surface area contributed by atoms with Gasteiger partial charge in [0.15, 0.2) is 0 Å². The number of para-hydroxylation sites is 1. The van der Waals surface area contributed by atoms with E-state index >= 15 is 0 Å². The third-order valence-electron chi connectivity index (χ3n) is 6.52. The summed E-state index contributed by atoms with van der Waals surface area (Å²) in [5, 5.41) is 14.5. The lowest BCUT2D eigenvalue weighted by Crippen LogP contribution is -3.00. The highest BCUT2D eigenvalue weighted by Crippen LogP contribution is 2.41. The molecule has 0 saturated heterocycles. The molecule has 0 aliphatic carbocycles. The number of halogens is 1. The van der Waals surface area contributed by atoms with E-state index in [1.807, 2.05) is 12.1 Å². The largest absolute Gasteiger partial charge is 1.00 e. The van der Waals surface area contributed by atoms with E-state index < -0.39 is 6.10 Å². The maximum atomic E-state index is 11.2. The number of benzene rings is 4. The van der Waals surface area contributed by atoms with Crippen molar-refractivity contribution in [2.24, 2.45) is 0 Å². The van der Waals surface area contributed by atoms with Gasteiger partial charge in [-0.15, -0.1) is 0 Å². The molecule has 4 heteroatoms. The lowest BCUT2D eigenvalue weighted by Gasteiger charge is -2.17. The van der Waals surface area contributed by atoms with E-state index in [-0.39, 0.29) is 12.4 Å². The van der Waals surface area contributed by atoms with Crippen LogP contribution in [-0.2, 0) is 6.54 Å². The SMILES string of the molecule is Cc1ccc2c(c1)c(-c1ccccc1)c(-c1ccccc1)n2CC(O)C[NH2+]c1ccccc1C.[Cl-]. The van der Waals surface area contributed by atoms with Crippen molar-refractivity contribution < 1.29 is 22.8 Å². The predicted molar refractivity (Wildman–Crippen MR) is 141 cm³/mol. The molecular weight excluding hydrogens is 452 g/mol. The summed E-state index contributed by atoms with van der Waals surface area (Å²) >= 11 is 0. The van der Waals surface area contributed by atoms with Crippen LogP contribution in [0.5, 0.6) is 0 Å². The Balaban J connectivity index is 0.00000289. The molecule has 5 aromatic rings. The van der Waals surface area contributed by atoms with Crippen molar-refractivity contribution in [3.63, 3.8) is 0 Å². The van der Waals surface area contributed by atoms with Crippen molar-refractivity contribution in [2.75, 3.05) is 6.54 Å². The monoisotopic (exact) mass is 482 g/mol. The number of nitrogens with two attached hydrogens (primary N) is 1. The van der Waals surface area contributed by atoms with Gasteiger partial charge in [0.2, 0.25) is 0 Å². The number of aliphatic hydroxyl groups is 1. The van der Waals surface area contributed by atoms with Gasteiger partial charge in [0.25, 0.3) is 0 Å². The molecule has 0 saturated carbocycles. The van der Waals surface area contributed by atoms with Gasteiger partial charge < -0.3 is 27.4 Å². The molecule has 0 fully saturated rings. The zero-order valence-electron chi connectivity index (χ0n) is 20.2. The molecule has 1 atom stereocenters. The van der Waals surface area contributed by atoms with Crippen LogP contribution >= 0.6 is 0 Å². The molecular formula is C31H31ClN2O. The molecule has 0 amide bonds. The minimum Gasteiger partial charge on any atom is -1.00 e. The van der Waals surface area contributed by atoms with Gasteiger partial charge in [-0.2, -0.15) is 0 Å². The summed E-state index contributed by atoms with van der Waals surface area (Å²) in [6.07, 6.45) is -0.498. The third-order valence-corrected chi connectivity index (χ3v) is 6.52. The lowest BCUT2D eigenvalue weighted by molar-refractivity contribution is -0.580. The quantitative estimate of drug-likeness (QED) is 0.344. The Morgan fingerprint density at radius 2 is 1.40 bits per heavy atom. The fourth-order valence-corrected chi connectivity index (χ4v) is 4.82. The van der Waals surface area contributed by atoms with Crippen molar-refractivity contribution >= 4 is 16.6 Å². The van der Waals surface area contributed by atoms with E-state index in [0.717, 1.165) is 16.8 Å². The summed E-state index contributed by atoms with van der Waals surface area (Å²) in [6, 6.07) is 36.1. The Morgan fingerprint density at radius 3 is 2.09 bits per heavy atom. The normalized spacial score (nSPS) is 11.9. The number of aromatic nitrogens is 1.